The minimum atomic E-state index is -0.715. The third kappa shape index (κ3) is 4.47. The van der Waals surface area contributed by atoms with Gasteiger partial charge in [0.05, 0.1) is 13.7 Å². The van der Waals surface area contributed by atoms with Crippen molar-refractivity contribution in [3.63, 3.8) is 0 Å². The van der Waals surface area contributed by atoms with E-state index in [9.17, 15) is 9.59 Å². The maximum atomic E-state index is 12.7. The first-order chi connectivity index (χ1) is 13.2. The topological polar surface area (TPSA) is 55.8 Å². The number of methoxy groups -OCH3 is 1. The summed E-state index contributed by atoms with van der Waals surface area (Å²) in [6, 6.07) is 12.9. The molecular formula is C22H24ClNO4. The molecule has 2 aromatic carbocycles. The second-order valence-corrected chi connectivity index (χ2v) is 8.28. The third-order valence-corrected chi connectivity index (χ3v) is 4.87. The van der Waals surface area contributed by atoms with Crippen LogP contribution in [0.4, 0.5) is 4.79 Å². The molecule has 5 nitrogen and oxygen atoms in total. The van der Waals surface area contributed by atoms with Gasteiger partial charge in [0.25, 0.3) is 0 Å². The van der Waals surface area contributed by atoms with E-state index < -0.39 is 23.7 Å². The molecule has 0 fully saturated rings. The molecule has 0 saturated carbocycles. The van der Waals surface area contributed by atoms with E-state index in [4.69, 9.17) is 21.1 Å². The quantitative estimate of drug-likeness (QED) is 0.675. The minimum Gasteiger partial charge on any atom is -0.467 e. The molecular weight excluding hydrogens is 378 g/mol. The normalized spacial score (nSPS) is 16.3. The summed E-state index contributed by atoms with van der Waals surface area (Å²) in [5.74, 6) is -0.451. The van der Waals surface area contributed by atoms with Crippen molar-refractivity contribution >= 4 is 23.7 Å². The van der Waals surface area contributed by atoms with Gasteiger partial charge in [-0.25, -0.2) is 9.59 Å². The van der Waals surface area contributed by atoms with Gasteiger partial charge in [-0.05, 0) is 55.2 Å². The van der Waals surface area contributed by atoms with Crippen molar-refractivity contribution in [3.05, 3.63) is 58.6 Å². The number of nitrogens with zero attached hydrogens (tertiary/aromatic N) is 1. The number of benzene rings is 2. The Balaban J connectivity index is 1.93. The van der Waals surface area contributed by atoms with Gasteiger partial charge >= 0.3 is 12.1 Å². The molecule has 148 valence electrons. The van der Waals surface area contributed by atoms with Gasteiger partial charge in [0.1, 0.15) is 11.6 Å². The van der Waals surface area contributed by atoms with Crippen LogP contribution in [0, 0.1) is 0 Å². The number of carbonyl (C=O) groups excluding carboxylic acids is 2. The highest BCUT2D eigenvalue weighted by atomic mass is 35.5. The zero-order chi connectivity index (χ0) is 20.5. The van der Waals surface area contributed by atoms with Crippen molar-refractivity contribution in [1.29, 1.82) is 0 Å². The standard InChI is InChI=1S/C22H24ClNO4/c1-22(2,3)28-21(26)24-13-16-6-5-15(14-7-9-18(23)10-8-14)11-17(16)12-19(24)20(25)27-4/h5-11,19H,12-13H2,1-4H3. The summed E-state index contributed by atoms with van der Waals surface area (Å²) in [6.45, 7) is 5.70. The SMILES string of the molecule is COC(=O)C1Cc2cc(-c3ccc(Cl)cc3)ccc2CN1C(=O)OC(C)(C)C. The molecule has 1 aliphatic rings. The monoisotopic (exact) mass is 401 g/mol. The first-order valence-electron chi connectivity index (χ1n) is 9.13. The summed E-state index contributed by atoms with van der Waals surface area (Å²) < 4.78 is 10.4. The Morgan fingerprint density at radius 1 is 1.04 bits per heavy atom. The number of ether oxygens (including phenoxy) is 2. The maximum absolute atomic E-state index is 12.7. The fraction of sp³-hybridized carbons (Fsp3) is 0.364. The smallest absolute Gasteiger partial charge is 0.411 e. The molecule has 0 N–H and O–H groups in total. The fourth-order valence-electron chi connectivity index (χ4n) is 3.26. The van der Waals surface area contributed by atoms with Crippen molar-refractivity contribution in [1.82, 2.24) is 4.90 Å². The van der Waals surface area contributed by atoms with Crippen molar-refractivity contribution in [2.75, 3.05) is 7.11 Å². The Bertz CT molecular complexity index is 886. The van der Waals surface area contributed by atoms with Crippen molar-refractivity contribution in [2.45, 2.75) is 45.4 Å². The van der Waals surface area contributed by atoms with Crippen molar-refractivity contribution in [2.24, 2.45) is 0 Å². The second-order valence-electron chi connectivity index (χ2n) is 7.84. The van der Waals surface area contributed by atoms with Crippen LogP contribution < -0.4 is 0 Å². The largest absolute Gasteiger partial charge is 0.467 e. The summed E-state index contributed by atoms with van der Waals surface area (Å²) in [7, 11) is 1.33. The molecule has 1 unspecified atom stereocenters. The number of fused-ring (bicyclic) bond motifs is 1. The summed E-state index contributed by atoms with van der Waals surface area (Å²) in [4.78, 5) is 26.5. The molecule has 1 atom stereocenters. The number of halogens is 1. The van der Waals surface area contributed by atoms with Gasteiger partial charge in [0, 0.05) is 11.4 Å². The lowest BCUT2D eigenvalue weighted by Crippen LogP contribution is -2.50. The lowest BCUT2D eigenvalue weighted by molar-refractivity contribution is -0.147. The molecule has 2 aromatic rings. The third-order valence-electron chi connectivity index (χ3n) is 4.62. The van der Waals surface area contributed by atoms with Crippen LogP contribution in [0.5, 0.6) is 0 Å². The Morgan fingerprint density at radius 2 is 1.68 bits per heavy atom. The highest BCUT2D eigenvalue weighted by Crippen LogP contribution is 2.30. The highest BCUT2D eigenvalue weighted by Gasteiger charge is 2.37. The van der Waals surface area contributed by atoms with E-state index in [1.165, 1.54) is 12.0 Å². The van der Waals surface area contributed by atoms with Gasteiger partial charge in [-0.3, -0.25) is 4.90 Å². The van der Waals surface area contributed by atoms with Crippen LogP contribution in [-0.4, -0.2) is 35.7 Å². The molecule has 1 amide bonds. The van der Waals surface area contributed by atoms with Gasteiger partial charge in [0.15, 0.2) is 0 Å². The predicted molar refractivity (Wildman–Crippen MR) is 108 cm³/mol. The number of amides is 1. The number of rotatable bonds is 2. The first kappa shape index (κ1) is 20.2. The Labute approximate surface area is 170 Å². The molecule has 0 radical (unpaired) electrons. The molecule has 0 aromatic heterocycles. The van der Waals surface area contributed by atoms with Crippen molar-refractivity contribution in [3.8, 4) is 11.1 Å². The van der Waals surface area contributed by atoms with Crippen LogP contribution in [0.15, 0.2) is 42.5 Å². The summed E-state index contributed by atoms with van der Waals surface area (Å²) in [6.07, 6.45) is -0.141. The molecule has 0 aliphatic carbocycles. The van der Waals surface area contributed by atoms with E-state index in [1.54, 1.807) is 20.8 Å². The molecule has 1 aliphatic heterocycles. The van der Waals surface area contributed by atoms with Crippen LogP contribution in [0.1, 0.15) is 31.9 Å². The minimum absolute atomic E-state index is 0.297. The zero-order valence-electron chi connectivity index (χ0n) is 16.5. The average molecular weight is 402 g/mol. The highest BCUT2D eigenvalue weighted by molar-refractivity contribution is 6.30. The maximum Gasteiger partial charge on any atom is 0.411 e. The Hall–Kier alpha value is -2.53. The molecule has 1 heterocycles. The lowest BCUT2D eigenvalue weighted by atomic mass is 9.91. The Morgan fingerprint density at radius 3 is 2.29 bits per heavy atom. The summed E-state index contributed by atoms with van der Waals surface area (Å²) in [5.41, 5.74) is 3.43. The molecule has 28 heavy (non-hydrogen) atoms. The van der Waals surface area contributed by atoms with Gasteiger partial charge in [0.2, 0.25) is 0 Å². The molecule has 3 rings (SSSR count). The van der Waals surface area contributed by atoms with Crippen LogP contribution in [0.25, 0.3) is 11.1 Å². The van der Waals surface area contributed by atoms with Gasteiger partial charge in [-0.15, -0.1) is 0 Å². The van der Waals surface area contributed by atoms with Crippen LogP contribution in [0.3, 0.4) is 0 Å². The number of hydrogen-bond acceptors (Lipinski definition) is 4. The Kier molecular flexibility index (Phi) is 5.66. The van der Waals surface area contributed by atoms with Crippen LogP contribution >= 0.6 is 11.6 Å². The van der Waals surface area contributed by atoms with E-state index in [1.807, 2.05) is 36.4 Å². The number of esters is 1. The summed E-state index contributed by atoms with van der Waals surface area (Å²) >= 11 is 5.98. The first-order valence-corrected chi connectivity index (χ1v) is 9.51. The second kappa shape index (κ2) is 7.84. The van der Waals surface area contributed by atoms with E-state index in [-0.39, 0.29) is 0 Å². The lowest BCUT2D eigenvalue weighted by Gasteiger charge is -2.36. The van der Waals surface area contributed by atoms with Crippen LogP contribution in [0.2, 0.25) is 5.02 Å². The van der Waals surface area contributed by atoms with Crippen molar-refractivity contribution < 1.29 is 19.1 Å². The molecule has 6 heteroatoms. The average Bonchev–Trinajstić information content (AvgIpc) is 2.65. The molecule has 0 saturated heterocycles. The number of carbonyl (C=O) groups is 2. The van der Waals surface area contributed by atoms with E-state index >= 15 is 0 Å². The van der Waals surface area contributed by atoms with Gasteiger partial charge in [-0.2, -0.15) is 0 Å². The molecule has 0 spiro atoms. The van der Waals surface area contributed by atoms with Crippen LogP contribution in [-0.2, 0) is 27.2 Å². The van der Waals surface area contributed by atoms with E-state index in [0.717, 1.165) is 22.3 Å². The fourth-order valence-corrected chi connectivity index (χ4v) is 3.39. The predicted octanol–water partition coefficient (Wildman–Crippen LogP) is 4.84. The van der Waals surface area contributed by atoms with E-state index in [0.29, 0.717) is 18.0 Å². The van der Waals surface area contributed by atoms with Gasteiger partial charge in [-0.1, -0.05) is 41.9 Å². The van der Waals surface area contributed by atoms with Gasteiger partial charge < -0.3 is 9.47 Å². The zero-order valence-corrected chi connectivity index (χ0v) is 17.2. The van der Waals surface area contributed by atoms with E-state index in [2.05, 4.69) is 6.07 Å². The molecule has 0 bridgehead atoms. The number of hydrogen-bond donors (Lipinski definition) is 0. The summed E-state index contributed by atoms with van der Waals surface area (Å²) in [5, 5.41) is 0.681.